The molecule has 0 bridgehead atoms. The summed E-state index contributed by atoms with van der Waals surface area (Å²) in [6.07, 6.45) is -19.1. The maximum absolute atomic E-state index is 13.5. The van der Waals surface area contributed by atoms with Crippen molar-refractivity contribution < 1.29 is 70.1 Å². The van der Waals surface area contributed by atoms with Gasteiger partial charge in [0.1, 0.15) is 77.7 Å². The molecule has 14 nitrogen and oxygen atoms in total. The van der Waals surface area contributed by atoms with E-state index >= 15 is 0 Å². The minimum atomic E-state index is -2.01. The zero-order chi connectivity index (χ0) is 29.0. The first kappa shape index (κ1) is 28.6. The van der Waals surface area contributed by atoms with Crippen molar-refractivity contribution in [1.29, 1.82) is 0 Å². The van der Waals surface area contributed by atoms with Gasteiger partial charge >= 0.3 is 0 Å². The van der Waals surface area contributed by atoms with E-state index < -0.39 is 120 Å². The molecule has 2 fully saturated rings. The topological polar surface area (TPSA) is 247 Å². The summed E-state index contributed by atoms with van der Waals surface area (Å²) in [7, 11) is 0. The Kier molecular flexibility index (Phi) is 7.75. The zero-order valence-electron chi connectivity index (χ0n) is 20.8. The van der Waals surface area contributed by atoms with Gasteiger partial charge in [0.05, 0.1) is 24.3 Å². The highest BCUT2D eigenvalue weighted by Gasteiger charge is 2.51. The average Bonchev–Trinajstić information content (AvgIpc) is 2.94. The van der Waals surface area contributed by atoms with E-state index in [-0.39, 0.29) is 0 Å². The number of carbonyl (C=O) groups is 1. The number of ether oxygens (including phenoxy) is 3. The molecule has 0 unspecified atom stereocenters. The fourth-order valence-corrected chi connectivity index (χ4v) is 5.40. The molecule has 0 spiro atoms. The fraction of sp³-hybridized carbons (Fsp3) is 0.500. The summed E-state index contributed by atoms with van der Waals surface area (Å²) in [5.41, 5.74) is -1.53. The Hall–Kier alpha value is -2.89. The minimum absolute atomic E-state index is 0.345. The second-order valence-corrected chi connectivity index (χ2v) is 10.0. The van der Waals surface area contributed by atoms with Crippen molar-refractivity contribution in [3.8, 4) is 17.2 Å². The number of ketones is 1. The molecule has 218 valence electrons. The van der Waals surface area contributed by atoms with E-state index in [1.54, 1.807) is 30.3 Å². The normalized spacial score (nSPS) is 38.0. The lowest BCUT2D eigenvalue weighted by molar-refractivity contribution is -0.232. The molecule has 3 heterocycles. The molecule has 14 heteroatoms. The molecule has 11 atom stereocenters. The van der Waals surface area contributed by atoms with Crippen LogP contribution in [0.3, 0.4) is 0 Å². The summed E-state index contributed by atoms with van der Waals surface area (Å²) >= 11 is 0. The molecule has 0 aliphatic carbocycles. The molecule has 0 amide bonds. The van der Waals surface area contributed by atoms with Crippen LogP contribution in [-0.2, 0) is 9.47 Å². The average molecular weight is 567 g/mol. The predicted molar refractivity (Wildman–Crippen MR) is 129 cm³/mol. The number of Topliss-reactive ketones (excluding diaryl/α,β-unsaturated/α-hetero) is 1. The number of phenols is 2. The fourth-order valence-electron chi connectivity index (χ4n) is 5.40. The molecule has 0 radical (unpaired) electrons. The number of aliphatic hydroxyl groups is 8. The number of aromatic hydroxyl groups is 2. The van der Waals surface area contributed by atoms with Crippen LogP contribution in [0.5, 0.6) is 17.2 Å². The summed E-state index contributed by atoms with van der Waals surface area (Å²) < 4.78 is 17.0. The van der Waals surface area contributed by atoms with Crippen molar-refractivity contribution in [2.75, 3.05) is 13.2 Å². The molecular formula is C26H30O14. The predicted octanol–water partition coefficient (Wildman–Crippen LogP) is -2.56. The van der Waals surface area contributed by atoms with Gasteiger partial charge in [-0.3, -0.25) is 4.79 Å². The number of rotatable bonds is 4. The van der Waals surface area contributed by atoms with Gasteiger partial charge in [-0.1, -0.05) is 30.3 Å². The minimum Gasteiger partial charge on any atom is -0.507 e. The van der Waals surface area contributed by atoms with Gasteiger partial charge in [0.2, 0.25) is 5.78 Å². The van der Waals surface area contributed by atoms with Crippen molar-refractivity contribution >= 4 is 5.78 Å². The lowest BCUT2D eigenvalue weighted by Gasteiger charge is -2.42. The third-order valence-corrected chi connectivity index (χ3v) is 7.61. The Bertz CT molecular complexity index is 1250. The molecule has 5 rings (SSSR count). The van der Waals surface area contributed by atoms with Crippen LogP contribution in [-0.4, -0.2) is 119 Å². The number of benzene rings is 2. The van der Waals surface area contributed by atoms with Gasteiger partial charge in [-0.15, -0.1) is 0 Å². The van der Waals surface area contributed by atoms with Crippen molar-refractivity contribution in [1.82, 2.24) is 0 Å². The third-order valence-electron chi connectivity index (χ3n) is 7.61. The quantitative estimate of drug-likeness (QED) is 0.183. The van der Waals surface area contributed by atoms with E-state index in [1.165, 1.54) is 0 Å². The van der Waals surface area contributed by atoms with E-state index in [9.17, 15) is 55.9 Å². The van der Waals surface area contributed by atoms with E-state index in [0.29, 0.717) is 5.56 Å². The van der Waals surface area contributed by atoms with Gasteiger partial charge < -0.3 is 65.3 Å². The maximum Gasteiger partial charge on any atom is 0.202 e. The molecule has 2 saturated heterocycles. The molecular weight excluding hydrogens is 536 g/mol. The monoisotopic (exact) mass is 566 g/mol. The summed E-state index contributed by atoms with van der Waals surface area (Å²) in [4.78, 5) is 13.5. The Balaban J connectivity index is 1.73. The number of carbonyl (C=O) groups excluding carboxylic acids is 1. The molecule has 3 aliphatic rings. The van der Waals surface area contributed by atoms with Crippen LogP contribution in [0.4, 0.5) is 0 Å². The molecule has 40 heavy (non-hydrogen) atoms. The third kappa shape index (κ3) is 4.42. The lowest BCUT2D eigenvalue weighted by Crippen LogP contribution is -2.55. The highest BCUT2D eigenvalue weighted by molar-refractivity contribution is 6.06. The van der Waals surface area contributed by atoms with Crippen LogP contribution in [0, 0.1) is 0 Å². The molecule has 3 aliphatic heterocycles. The summed E-state index contributed by atoms with van der Waals surface area (Å²) in [6, 6.07) is 8.04. The highest BCUT2D eigenvalue weighted by Crippen LogP contribution is 2.55. The molecule has 0 saturated carbocycles. The Labute approximate surface area is 226 Å². The highest BCUT2D eigenvalue weighted by atomic mass is 16.6. The largest absolute Gasteiger partial charge is 0.507 e. The van der Waals surface area contributed by atoms with Crippen LogP contribution in [0.25, 0.3) is 0 Å². The number of phenolic OH excluding ortho intramolecular Hbond substituents is 2. The second-order valence-electron chi connectivity index (χ2n) is 10.0. The van der Waals surface area contributed by atoms with Gasteiger partial charge in [-0.25, -0.2) is 0 Å². The van der Waals surface area contributed by atoms with Gasteiger partial charge in [0, 0.05) is 0 Å². The number of hydrogen-bond donors (Lipinski definition) is 10. The smallest absolute Gasteiger partial charge is 0.202 e. The van der Waals surface area contributed by atoms with Gasteiger partial charge in [0.25, 0.3) is 0 Å². The standard InChI is InChI=1S/C26H30O14/c27-6-10-15(30)19(34)22(37)26(39-10)11-16(31)12-18(33)21(36)23(8-4-2-1-3-5-8)40-24(12)13(17(11)32)25-20(35)14(29)9(28)7-38-25/h1-5,9-10,14-15,19-23,25-32,34-37H,6-7H2/t9-,10+,14-,15+,19-,20+,21-,22+,23+,25+,26-/m0/s1. The molecule has 2 aromatic rings. The molecule has 2 aromatic carbocycles. The first-order valence-corrected chi connectivity index (χ1v) is 12.5. The number of aliphatic hydroxyl groups excluding tert-OH is 8. The van der Waals surface area contributed by atoms with E-state index in [0.717, 1.165) is 0 Å². The Morgan fingerprint density at radius 1 is 0.750 bits per heavy atom. The summed E-state index contributed by atoms with van der Waals surface area (Å²) in [5.74, 6) is -3.54. The first-order chi connectivity index (χ1) is 19.0. The summed E-state index contributed by atoms with van der Waals surface area (Å²) in [6.45, 7) is -1.36. The van der Waals surface area contributed by atoms with Crippen LogP contribution in [0.1, 0.15) is 45.4 Å². The van der Waals surface area contributed by atoms with Crippen molar-refractivity contribution in [3.05, 3.63) is 52.6 Å². The second kappa shape index (κ2) is 10.8. The number of hydrogen-bond acceptors (Lipinski definition) is 14. The Morgan fingerprint density at radius 3 is 2.05 bits per heavy atom. The lowest BCUT2D eigenvalue weighted by atomic mass is 9.82. The SMILES string of the molecule is O=C1c2c(O)c([C@@H]3O[C@H](CO)[C@@H](O)[C@H](O)[C@H]3O)c(O)c([C@H]3OC[C@H](O)[C@H](O)[C@H]3O)c2O[C@H](c2ccccc2)[C@H]1O. The van der Waals surface area contributed by atoms with E-state index in [4.69, 9.17) is 14.2 Å². The van der Waals surface area contributed by atoms with Crippen molar-refractivity contribution in [3.63, 3.8) is 0 Å². The van der Waals surface area contributed by atoms with Gasteiger partial charge in [0.15, 0.2) is 12.2 Å². The van der Waals surface area contributed by atoms with Crippen LogP contribution in [0.2, 0.25) is 0 Å². The first-order valence-electron chi connectivity index (χ1n) is 12.5. The van der Waals surface area contributed by atoms with Crippen LogP contribution in [0.15, 0.2) is 30.3 Å². The van der Waals surface area contributed by atoms with Crippen LogP contribution < -0.4 is 4.74 Å². The van der Waals surface area contributed by atoms with Gasteiger partial charge in [-0.05, 0) is 5.56 Å². The van der Waals surface area contributed by atoms with E-state index in [2.05, 4.69) is 0 Å². The maximum atomic E-state index is 13.5. The summed E-state index contributed by atoms with van der Waals surface area (Å²) in [5, 5.41) is 106. The number of fused-ring (bicyclic) bond motifs is 1. The van der Waals surface area contributed by atoms with E-state index in [1.807, 2.05) is 0 Å². The van der Waals surface area contributed by atoms with Crippen molar-refractivity contribution in [2.24, 2.45) is 0 Å². The van der Waals surface area contributed by atoms with Gasteiger partial charge in [-0.2, -0.15) is 0 Å². The van der Waals surface area contributed by atoms with Crippen LogP contribution >= 0.6 is 0 Å². The Morgan fingerprint density at radius 2 is 1.40 bits per heavy atom. The zero-order valence-corrected chi connectivity index (χ0v) is 20.8. The molecule has 10 N–H and O–H groups in total. The molecule has 0 aromatic heterocycles. The van der Waals surface area contributed by atoms with Crippen molar-refractivity contribution in [2.45, 2.75) is 67.1 Å².